The fourth-order valence-electron chi connectivity index (χ4n) is 4.40. The van der Waals surface area contributed by atoms with E-state index in [2.05, 4.69) is 15.3 Å². The Morgan fingerprint density at radius 2 is 2.06 bits per heavy atom. The lowest BCUT2D eigenvalue weighted by molar-refractivity contribution is 0.0117. The topological polar surface area (TPSA) is 84.4 Å². The van der Waals surface area contributed by atoms with Crippen molar-refractivity contribution < 1.29 is 31.9 Å². The highest BCUT2D eigenvalue weighted by molar-refractivity contribution is 7.17. The number of ether oxygens (including phenoxy) is 1. The second kappa shape index (κ2) is 9.36. The van der Waals surface area contributed by atoms with Gasteiger partial charge in [0.15, 0.2) is 0 Å². The van der Waals surface area contributed by atoms with Crippen molar-refractivity contribution in [3.8, 4) is 10.4 Å². The Morgan fingerprint density at radius 1 is 1.34 bits per heavy atom. The van der Waals surface area contributed by atoms with Crippen LogP contribution >= 0.6 is 11.3 Å². The summed E-state index contributed by atoms with van der Waals surface area (Å²) in [5, 5.41) is 2.95. The molecule has 0 spiro atoms. The van der Waals surface area contributed by atoms with Crippen molar-refractivity contribution in [3.63, 3.8) is 0 Å². The van der Waals surface area contributed by atoms with Crippen molar-refractivity contribution in [3.05, 3.63) is 28.5 Å². The maximum absolute atomic E-state index is 14.1. The van der Waals surface area contributed by atoms with Crippen LogP contribution in [0.3, 0.4) is 0 Å². The lowest BCUT2D eigenvalue weighted by atomic mass is 9.78. The van der Waals surface area contributed by atoms with Gasteiger partial charge in [-0.2, -0.15) is 0 Å². The predicted octanol–water partition coefficient (Wildman–Crippen LogP) is 5.54. The largest absolute Gasteiger partial charge is 0.461 e. The molecule has 2 aliphatic rings. The highest BCUT2D eigenvalue weighted by atomic mass is 32.1. The van der Waals surface area contributed by atoms with E-state index < -0.39 is 48.8 Å². The summed E-state index contributed by atoms with van der Waals surface area (Å²) in [7, 11) is 0. The number of hydrogen-bond donors (Lipinski definition) is 1. The lowest BCUT2D eigenvalue weighted by Gasteiger charge is -2.39. The van der Waals surface area contributed by atoms with Crippen LogP contribution in [-0.2, 0) is 4.74 Å². The number of alkyl halides is 4. The summed E-state index contributed by atoms with van der Waals surface area (Å²) in [6.07, 6.45) is 0.554. The zero-order valence-electron chi connectivity index (χ0n) is 19.5. The normalized spacial score (nSPS) is 20.6. The van der Waals surface area contributed by atoms with Crippen LogP contribution < -0.4 is 5.32 Å². The fraction of sp³-hybridized carbons (Fsp3) is 0.565. The number of esters is 1. The van der Waals surface area contributed by atoms with E-state index in [1.807, 2.05) is 6.92 Å². The number of nitrogens with zero attached hydrogens (tertiary/aromatic N) is 3. The van der Waals surface area contributed by atoms with E-state index in [-0.39, 0.29) is 39.1 Å². The van der Waals surface area contributed by atoms with Crippen molar-refractivity contribution >= 4 is 29.0 Å². The highest BCUT2D eigenvalue weighted by Gasteiger charge is 2.46. The van der Waals surface area contributed by atoms with Crippen LogP contribution in [0.1, 0.15) is 78.7 Å². The van der Waals surface area contributed by atoms with Gasteiger partial charge in [0.2, 0.25) is 5.01 Å². The molecule has 1 N–H and O–H groups in total. The van der Waals surface area contributed by atoms with Crippen molar-refractivity contribution in [2.75, 3.05) is 18.5 Å². The molecule has 4 rings (SSSR count). The van der Waals surface area contributed by atoms with Crippen molar-refractivity contribution in [2.24, 2.45) is 0 Å². The summed E-state index contributed by atoms with van der Waals surface area (Å²) in [6.45, 7) is 4.26. The molecule has 3 heterocycles. The SMILES string of the molecule is CCOC(=O)c1nc(C(=O)N2CC(F)(F)C[C@@H]2C)c(-c2cnc(NC3(C)CCC3)cc2C(F)F)s1. The van der Waals surface area contributed by atoms with E-state index >= 15 is 0 Å². The lowest BCUT2D eigenvalue weighted by Crippen LogP contribution is -2.41. The van der Waals surface area contributed by atoms with Gasteiger partial charge in [-0.3, -0.25) is 4.79 Å². The van der Waals surface area contributed by atoms with Gasteiger partial charge in [0, 0.05) is 35.3 Å². The third kappa shape index (κ3) is 5.12. The molecule has 7 nitrogen and oxygen atoms in total. The van der Waals surface area contributed by atoms with Gasteiger partial charge in [-0.15, -0.1) is 11.3 Å². The Kier molecular flexibility index (Phi) is 6.78. The zero-order chi connectivity index (χ0) is 25.5. The van der Waals surface area contributed by atoms with E-state index in [0.717, 1.165) is 24.2 Å². The Morgan fingerprint density at radius 3 is 2.60 bits per heavy atom. The minimum atomic E-state index is -3.07. The second-order valence-corrected chi connectivity index (χ2v) is 10.3. The number of carbonyl (C=O) groups excluding carboxylic acids is 2. The number of thiazole rings is 1. The van der Waals surface area contributed by atoms with E-state index in [0.29, 0.717) is 11.3 Å². The van der Waals surface area contributed by atoms with Gasteiger partial charge in [-0.05, 0) is 46.1 Å². The van der Waals surface area contributed by atoms with E-state index in [9.17, 15) is 27.2 Å². The molecule has 190 valence electrons. The van der Waals surface area contributed by atoms with Gasteiger partial charge in [-0.1, -0.05) is 0 Å². The standard InChI is InChI=1S/C23H26F4N4O3S/c1-4-34-21(33)19-29-16(20(32)31-11-23(26,27)9-12(31)2)17(35-19)14-10-28-15(8-13(14)18(24)25)30-22(3)6-5-7-22/h8,10,12,18H,4-7,9,11H2,1-3H3,(H,28,30)/t12-/m0/s1. The first-order valence-electron chi connectivity index (χ1n) is 11.4. The molecule has 0 bridgehead atoms. The molecule has 1 aliphatic heterocycles. The Labute approximate surface area is 203 Å². The van der Waals surface area contributed by atoms with Crippen LogP contribution in [0.15, 0.2) is 12.3 Å². The third-order valence-corrected chi connectivity index (χ3v) is 7.44. The van der Waals surface area contributed by atoms with Gasteiger partial charge in [0.1, 0.15) is 11.5 Å². The molecular formula is C23H26F4N4O3S. The van der Waals surface area contributed by atoms with Crippen LogP contribution in [0, 0.1) is 0 Å². The molecule has 1 amide bonds. The average molecular weight is 515 g/mol. The molecular weight excluding hydrogens is 488 g/mol. The fourth-order valence-corrected chi connectivity index (χ4v) is 5.38. The first-order chi connectivity index (χ1) is 16.4. The van der Waals surface area contributed by atoms with Gasteiger partial charge in [0.25, 0.3) is 18.3 Å². The summed E-state index contributed by atoms with van der Waals surface area (Å²) in [6, 6.07) is 0.425. The molecule has 1 saturated carbocycles. The number of rotatable bonds is 7. The Balaban J connectivity index is 1.78. The third-order valence-electron chi connectivity index (χ3n) is 6.37. The summed E-state index contributed by atoms with van der Waals surface area (Å²) in [5.74, 6) is -4.50. The van der Waals surface area contributed by atoms with E-state index in [4.69, 9.17) is 4.74 Å². The molecule has 2 aromatic heterocycles. The van der Waals surface area contributed by atoms with Crippen LogP contribution in [-0.4, -0.2) is 57.4 Å². The van der Waals surface area contributed by atoms with Crippen LogP contribution in [0.4, 0.5) is 23.4 Å². The number of likely N-dealkylation sites (tertiary alicyclic amines) is 1. The number of aromatic nitrogens is 2. The van der Waals surface area contributed by atoms with Crippen molar-refractivity contribution in [2.45, 2.75) is 70.4 Å². The number of anilines is 1. The highest BCUT2D eigenvalue weighted by Crippen LogP contribution is 2.41. The molecule has 35 heavy (non-hydrogen) atoms. The summed E-state index contributed by atoms with van der Waals surface area (Å²) < 4.78 is 61.2. The Hall–Kier alpha value is -2.76. The number of amides is 1. The van der Waals surface area contributed by atoms with Gasteiger partial charge in [-0.25, -0.2) is 32.3 Å². The van der Waals surface area contributed by atoms with E-state index in [1.165, 1.54) is 19.2 Å². The second-order valence-electron chi connectivity index (χ2n) is 9.26. The number of carbonyl (C=O) groups is 2. The van der Waals surface area contributed by atoms with E-state index in [1.54, 1.807) is 6.92 Å². The number of pyridine rings is 1. The Bertz CT molecular complexity index is 1140. The quantitative estimate of drug-likeness (QED) is 0.386. The molecule has 0 unspecified atom stereocenters. The number of halogens is 4. The molecule has 1 aliphatic carbocycles. The van der Waals surface area contributed by atoms with Crippen molar-refractivity contribution in [1.29, 1.82) is 0 Å². The zero-order valence-corrected chi connectivity index (χ0v) is 20.4. The summed E-state index contributed by atoms with van der Waals surface area (Å²) in [5.41, 5.74) is -1.07. The molecule has 0 aromatic carbocycles. The molecule has 1 saturated heterocycles. The predicted molar refractivity (Wildman–Crippen MR) is 122 cm³/mol. The maximum atomic E-state index is 14.1. The first kappa shape index (κ1) is 25.3. The minimum Gasteiger partial charge on any atom is -0.461 e. The molecule has 2 aromatic rings. The molecule has 12 heteroatoms. The number of nitrogens with one attached hydrogen (secondary N) is 1. The van der Waals surface area contributed by atoms with Crippen LogP contribution in [0.5, 0.6) is 0 Å². The summed E-state index contributed by atoms with van der Waals surface area (Å²) >= 11 is 0.701. The molecule has 0 radical (unpaired) electrons. The first-order valence-corrected chi connectivity index (χ1v) is 12.2. The molecule has 2 fully saturated rings. The van der Waals surface area contributed by atoms with Gasteiger partial charge >= 0.3 is 5.97 Å². The summed E-state index contributed by atoms with van der Waals surface area (Å²) in [4.78, 5) is 34.8. The minimum absolute atomic E-state index is 0.0371. The monoisotopic (exact) mass is 514 g/mol. The molecule has 1 atom stereocenters. The smallest absolute Gasteiger partial charge is 0.367 e. The number of hydrogen-bond acceptors (Lipinski definition) is 7. The van der Waals surface area contributed by atoms with Crippen LogP contribution in [0.2, 0.25) is 0 Å². The average Bonchev–Trinajstić information content (AvgIpc) is 3.32. The van der Waals surface area contributed by atoms with Gasteiger partial charge in [0.05, 0.1) is 18.0 Å². The van der Waals surface area contributed by atoms with Crippen molar-refractivity contribution in [1.82, 2.24) is 14.9 Å². The van der Waals surface area contributed by atoms with Crippen LogP contribution in [0.25, 0.3) is 10.4 Å². The van der Waals surface area contributed by atoms with Gasteiger partial charge < -0.3 is 15.0 Å². The maximum Gasteiger partial charge on any atom is 0.367 e.